The fourth-order valence-electron chi connectivity index (χ4n) is 0.632. The van der Waals surface area contributed by atoms with Crippen LogP contribution >= 0.6 is 12.4 Å². The van der Waals surface area contributed by atoms with Gasteiger partial charge < -0.3 is 16.6 Å². The Balaban J connectivity index is -0.000000405. The number of carboxylic acids is 1. The first-order valence-electron chi connectivity index (χ1n) is 3.37. The zero-order chi connectivity index (χ0) is 7.98. The molecule has 0 aliphatic rings. The van der Waals surface area contributed by atoms with E-state index in [0.29, 0.717) is 13.0 Å². The number of hydrogen-bond donors (Lipinski definition) is 3. The van der Waals surface area contributed by atoms with Crippen LogP contribution in [0.1, 0.15) is 26.7 Å². The molecule has 1 atom stereocenters. The summed E-state index contributed by atoms with van der Waals surface area (Å²) in [6.45, 7) is 0.604. The zero-order valence-electron chi connectivity index (χ0n) is 6.32. The van der Waals surface area contributed by atoms with Gasteiger partial charge in [0.1, 0.15) is 6.04 Å². The summed E-state index contributed by atoms with van der Waals surface area (Å²) < 4.78 is 0. The highest BCUT2D eigenvalue weighted by molar-refractivity contribution is 5.85. The van der Waals surface area contributed by atoms with Gasteiger partial charge in [-0.1, -0.05) is 13.8 Å². The van der Waals surface area contributed by atoms with Crippen LogP contribution in [0.15, 0.2) is 0 Å². The smallest absolute Gasteiger partial charge is 0.320 e. The van der Waals surface area contributed by atoms with E-state index in [1.807, 2.05) is 0 Å². The fourth-order valence-corrected chi connectivity index (χ4v) is 0.632. The van der Waals surface area contributed by atoms with Crippen LogP contribution in [-0.4, -0.2) is 23.7 Å². The highest BCUT2D eigenvalue weighted by Crippen LogP contribution is 1.96. The predicted molar refractivity (Wildman–Crippen MR) is 52.5 cm³/mol. The fraction of sp³-hybridized carbons (Fsp3) is 0.857. The van der Waals surface area contributed by atoms with Crippen molar-refractivity contribution < 1.29 is 9.90 Å². The topological polar surface area (TPSA) is 89.3 Å². The second-order valence-electron chi connectivity index (χ2n) is 2.23. The molecule has 0 radical (unpaired) electrons. The standard InChI is InChI=1S/C6H14N2O2.CH4.ClH/c7-4-2-1-3-5(8)6(9)10;;/h5H,1-4,7-8H2,(H,9,10);1H4;1H. The molecule has 0 saturated carbocycles. The predicted octanol–water partition coefficient (Wildman–Crippen LogP) is 0.585. The number of halogens is 1. The summed E-state index contributed by atoms with van der Waals surface area (Å²) in [6, 6.07) is -0.716. The summed E-state index contributed by atoms with van der Waals surface area (Å²) in [5, 5.41) is 8.33. The van der Waals surface area contributed by atoms with E-state index in [0.717, 1.165) is 12.8 Å². The summed E-state index contributed by atoms with van der Waals surface area (Å²) in [5.74, 6) is -0.933. The van der Waals surface area contributed by atoms with Crippen molar-refractivity contribution in [3.63, 3.8) is 0 Å². The molecule has 0 fully saturated rings. The molecular formula is C7H19ClN2O2. The maximum atomic E-state index is 10.1. The number of hydrogen-bond acceptors (Lipinski definition) is 3. The van der Waals surface area contributed by atoms with E-state index in [1.165, 1.54) is 0 Å². The zero-order valence-corrected chi connectivity index (χ0v) is 7.14. The third-order valence-corrected chi connectivity index (χ3v) is 1.29. The Kier molecular flexibility index (Phi) is 15.7. The molecule has 0 aromatic carbocycles. The van der Waals surface area contributed by atoms with Gasteiger partial charge in [0.05, 0.1) is 0 Å². The van der Waals surface area contributed by atoms with Crippen molar-refractivity contribution in [2.75, 3.05) is 6.54 Å². The van der Waals surface area contributed by atoms with Gasteiger partial charge in [0.25, 0.3) is 0 Å². The van der Waals surface area contributed by atoms with Gasteiger partial charge in [-0.25, -0.2) is 0 Å². The van der Waals surface area contributed by atoms with Crippen LogP contribution < -0.4 is 11.5 Å². The number of aliphatic carboxylic acids is 1. The average Bonchev–Trinajstić information content (AvgIpc) is 1.88. The van der Waals surface area contributed by atoms with Gasteiger partial charge in [0.15, 0.2) is 0 Å². The van der Waals surface area contributed by atoms with Crippen LogP contribution in [0.2, 0.25) is 0 Å². The Morgan fingerprint density at radius 2 is 1.92 bits per heavy atom. The number of unbranched alkanes of at least 4 members (excludes halogenated alkanes) is 1. The molecule has 12 heavy (non-hydrogen) atoms. The molecule has 0 heterocycles. The largest absolute Gasteiger partial charge is 0.480 e. The lowest BCUT2D eigenvalue weighted by atomic mass is 10.1. The molecule has 0 aliphatic carbocycles. The van der Waals surface area contributed by atoms with Crippen LogP contribution in [0.4, 0.5) is 0 Å². The second-order valence-corrected chi connectivity index (χ2v) is 2.23. The SMILES string of the molecule is C.Cl.NCCCCC(N)C(=O)O. The molecule has 0 rings (SSSR count). The first kappa shape index (κ1) is 17.7. The molecule has 0 spiro atoms. The minimum atomic E-state index is -0.933. The minimum absolute atomic E-state index is 0. The van der Waals surface area contributed by atoms with E-state index >= 15 is 0 Å². The summed E-state index contributed by atoms with van der Waals surface area (Å²) in [5.41, 5.74) is 10.4. The quantitative estimate of drug-likeness (QED) is 0.564. The molecule has 4 nitrogen and oxygen atoms in total. The van der Waals surface area contributed by atoms with Crippen LogP contribution in [0, 0.1) is 0 Å². The van der Waals surface area contributed by atoms with E-state index < -0.39 is 12.0 Å². The summed E-state index contributed by atoms with van der Waals surface area (Å²) in [7, 11) is 0. The molecule has 0 aliphatic heterocycles. The maximum absolute atomic E-state index is 10.1. The van der Waals surface area contributed by atoms with Crippen molar-refractivity contribution in [3.8, 4) is 0 Å². The molecule has 0 bridgehead atoms. The van der Waals surface area contributed by atoms with Crippen molar-refractivity contribution in [2.24, 2.45) is 11.5 Å². The maximum Gasteiger partial charge on any atom is 0.320 e. The lowest BCUT2D eigenvalue weighted by Crippen LogP contribution is -2.29. The molecule has 76 valence electrons. The molecule has 0 saturated heterocycles. The molecule has 1 unspecified atom stereocenters. The monoisotopic (exact) mass is 198 g/mol. The third kappa shape index (κ3) is 9.68. The molecular weight excluding hydrogens is 180 g/mol. The Morgan fingerprint density at radius 3 is 2.25 bits per heavy atom. The van der Waals surface area contributed by atoms with E-state index in [1.54, 1.807) is 0 Å². The lowest BCUT2D eigenvalue weighted by molar-refractivity contribution is -0.138. The van der Waals surface area contributed by atoms with Crippen molar-refractivity contribution in [3.05, 3.63) is 0 Å². The minimum Gasteiger partial charge on any atom is -0.480 e. The van der Waals surface area contributed by atoms with Crippen molar-refractivity contribution in [1.29, 1.82) is 0 Å². The third-order valence-electron chi connectivity index (χ3n) is 1.29. The highest BCUT2D eigenvalue weighted by atomic mass is 35.5. The van der Waals surface area contributed by atoms with E-state index in [-0.39, 0.29) is 19.8 Å². The Hall–Kier alpha value is -0.320. The lowest BCUT2D eigenvalue weighted by Gasteiger charge is -2.03. The second kappa shape index (κ2) is 10.7. The summed E-state index contributed by atoms with van der Waals surface area (Å²) in [6.07, 6.45) is 2.16. The van der Waals surface area contributed by atoms with Crippen LogP contribution in [0.25, 0.3) is 0 Å². The first-order chi connectivity index (χ1) is 4.68. The highest BCUT2D eigenvalue weighted by Gasteiger charge is 2.09. The van der Waals surface area contributed by atoms with Gasteiger partial charge in [-0.3, -0.25) is 4.79 Å². The Bertz CT molecular complexity index is 112. The van der Waals surface area contributed by atoms with E-state index in [4.69, 9.17) is 16.6 Å². The van der Waals surface area contributed by atoms with Gasteiger partial charge in [-0.15, -0.1) is 12.4 Å². The van der Waals surface area contributed by atoms with Crippen molar-refractivity contribution >= 4 is 18.4 Å². The molecule has 0 aromatic rings. The normalized spacial score (nSPS) is 10.8. The Morgan fingerprint density at radius 1 is 1.42 bits per heavy atom. The van der Waals surface area contributed by atoms with Crippen molar-refractivity contribution in [2.45, 2.75) is 32.7 Å². The number of nitrogens with two attached hydrogens (primary N) is 2. The number of rotatable bonds is 5. The molecule has 0 amide bonds. The van der Waals surface area contributed by atoms with Gasteiger partial charge in [0.2, 0.25) is 0 Å². The van der Waals surface area contributed by atoms with Gasteiger partial charge in [-0.05, 0) is 19.4 Å². The Labute approximate surface area is 79.7 Å². The average molecular weight is 199 g/mol. The van der Waals surface area contributed by atoms with Gasteiger partial charge in [-0.2, -0.15) is 0 Å². The number of carbonyl (C=O) groups is 1. The molecule has 5 heteroatoms. The van der Waals surface area contributed by atoms with Crippen LogP contribution in [-0.2, 0) is 4.79 Å². The molecule has 5 N–H and O–H groups in total. The summed E-state index contributed by atoms with van der Waals surface area (Å²) >= 11 is 0. The van der Waals surface area contributed by atoms with Crippen LogP contribution in [0.5, 0.6) is 0 Å². The van der Waals surface area contributed by atoms with Gasteiger partial charge >= 0.3 is 5.97 Å². The van der Waals surface area contributed by atoms with E-state index in [2.05, 4.69) is 0 Å². The summed E-state index contributed by atoms with van der Waals surface area (Å²) in [4.78, 5) is 10.1. The van der Waals surface area contributed by atoms with Crippen molar-refractivity contribution in [1.82, 2.24) is 0 Å². The van der Waals surface area contributed by atoms with E-state index in [9.17, 15) is 4.79 Å². The van der Waals surface area contributed by atoms with Crippen LogP contribution in [0.3, 0.4) is 0 Å². The first-order valence-corrected chi connectivity index (χ1v) is 3.37. The van der Waals surface area contributed by atoms with Gasteiger partial charge in [0, 0.05) is 0 Å². The number of carboxylic acid groups (broad SMARTS) is 1. The molecule has 0 aromatic heterocycles.